The minimum absolute atomic E-state index is 0.161. The number of nitrogens with zero attached hydrogens (tertiary/aromatic N) is 4. The van der Waals surface area contributed by atoms with Gasteiger partial charge in [-0.25, -0.2) is 4.98 Å². The van der Waals surface area contributed by atoms with Crippen molar-refractivity contribution in [1.82, 2.24) is 18.2 Å². The topological polar surface area (TPSA) is 58.4 Å². The molecule has 1 aromatic heterocycles. The molecule has 136 valence electrons. The summed E-state index contributed by atoms with van der Waals surface area (Å²) in [6.07, 6.45) is 5.06. The van der Waals surface area contributed by atoms with Crippen LogP contribution in [0.5, 0.6) is 0 Å². The number of imidazole rings is 1. The molecule has 2 saturated heterocycles. The van der Waals surface area contributed by atoms with Gasteiger partial charge in [0, 0.05) is 26.2 Å². The van der Waals surface area contributed by atoms with Gasteiger partial charge in [0.25, 0.3) is 10.2 Å². The van der Waals surface area contributed by atoms with E-state index in [4.69, 9.17) is 0 Å². The molecule has 2 aliphatic heterocycles. The first-order chi connectivity index (χ1) is 12.1. The molecular formula is C18H26N4O2S. The Kier molecular flexibility index (Phi) is 4.56. The summed E-state index contributed by atoms with van der Waals surface area (Å²) in [6, 6.07) is 8.25. The van der Waals surface area contributed by atoms with Gasteiger partial charge < -0.3 is 4.57 Å². The van der Waals surface area contributed by atoms with Gasteiger partial charge in [0.15, 0.2) is 0 Å². The van der Waals surface area contributed by atoms with Crippen LogP contribution in [0.3, 0.4) is 0 Å². The summed E-state index contributed by atoms with van der Waals surface area (Å²) in [7, 11) is -3.34. The van der Waals surface area contributed by atoms with Gasteiger partial charge in [0.05, 0.1) is 17.1 Å². The third kappa shape index (κ3) is 3.09. The molecule has 1 aromatic carbocycles. The highest BCUT2D eigenvalue weighted by atomic mass is 32.2. The summed E-state index contributed by atoms with van der Waals surface area (Å²) >= 11 is 0. The van der Waals surface area contributed by atoms with Crippen LogP contribution in [0.25, 0.3) is 11.0 Å². The molecule has 0 N–H and O–H groups in total. The van der Waals surface area contributed by atoms with Crippen LogP contribution in [0.15, 0.2) is 24.3 Å². The van der Waals surface area contributed by atoms with Crippen LogP contribution >= 0.6 is 0 Å². The van der Waals surface area contributed by atoms with E-state index in [0.29, 0.717) is 26.2 Å². The molecule has 0 aliphatic carbocycles. The van der Waals surface area contributed by atoms with Crippen molar-refractivity contribution in [2.45, 2.75) is 45.1 Å². The Labute approximate surface area is 149 Å². The Morgan fingerprint density at radius 1 is 1.00 bits per heavy atom. The van der Waals surface area contributed by atoms with Gasteiger partial charge in [0.1, 0.15) is 5.82 Å². The number of benzene rings is 1. The molecule has 0 radical (unpaired) electrons. The summed E-state index contributed by atoms with van der Waals surface area (Å²) in [6.45, 7) is 4.47. The zero-order valence-electron chi connectivity index (χ0n) is 14.8. The summed E-state index contributed by atoms with van der Waals surface area (Å²) in [5.41, 5.74) is 2.08. The van der Waals surface area contributed by atoms with Crippen molar-refractivity contribution in [2.75, 3.05) is 26.2 Å². The molecule has 7 heteroatoms. The average Bonchev–Trinajstić information content (AvgIpc) is 3.08. The monoisotopic (exact) mass is 362 g/mol. The molecular weight excluding hydrogens is 336 g/mol. The molecule has 1 atom stereocenters. The van der Waals surface area contributed by atoms with Crippen LogP contribution in [-0.2, 0) is 10.2 Å². The van der Waals surface area contributed by atoms with Crippen molar-refractivity contribution in [3.05, 3.63) is 30.1 Å². The van der Waals surface area contributed by atoms with E-state index in [0.717, 1.165) is 49.0 Å². The van der Waals surface area contributed by atoms with Gasteiger partial charge in [0.2, 0.25) is 0 Å². The molecule has 2 aliphatic rings. The van der Waals surface area contributed by atoms with Crippen LogP contribution < -0.4 is 0 Å². The van der Waals surface area contributed by atoms with Crippen LogP contribution in [0.1, 0.15) is 44.0 Å². The molecule has 25 heavy (non-hydrogen) atoms. The number of para-hydroxylation sites is 2. The predicted octanol–water partition coefficient (Wildman–Crippen LogP) is 2.71. The first kappa shape index (κ1) is 17.0. The Bertz CT molecular complexity index is 853. The summed E-state index contributed by atoms with van der Waals surface area (Å²) in [5, 5.41) is 0. The smallest absolute Gasteiger partial charge is 0.282 e. The maximum absolute atomic E-state index is 13.0. The van der Waals surface area contributed by atoms with Gasteiger partial charge >= 0.3 is 0 Å². The highest BCUT2D eigenvalue weighted by molar-refractivity contribution is 7.86. The molecule has 3 heterocycles. The van der Waals surface area contributed by atoms with Crippen LogP contribution in [0.2, 0.25) is 0 Å². The normalized spacial score (nSPS) is 24.0. The fourth-order valence-corrected chi connectivity index (χ4v) is 5.94. The van der Waals surface area contributed by atoms with E-state index in [1.165, 1.54) is 0 Å². The number of hydrogen-bond donors (Lipinski definition) is 0. The quantitative estimate of drug-likeness (QED) is 0.843. The summed E-state index contributed by atoms with van der Waals surface area (Å²) in [5.74, 6) is 0.959. The van der Waals surface area contributed by atoms with E-state index in [9.17, 15) is 8.42 Å². The largest absolute Gasteiger partial charge is 0.324 e. The second kappa shape index (κ2) is 6.70. The fourth-order valence-electron chi connectivity index (χ4n) is 4.19. The highest BCUT2D eigenvalue weighted by Gasteiger charge is 2.37. The van der Waals surface area contributed by atoms with Crippen molar-refractivity contribution in [3.63, 3.8) is 0 Å². The fraction of sp³-hybridized carbons (Fsp3) is 0.611. The van der Waals surface area contributed by atoms with Crippen molar-refractivity contribution >= 4 is 21.2 Å². The van der Waals surface area contributed by atoms with E-state index in [1.54, 1.807) is 8.61 Å². The molecule has 0 amide bonds. The minimum atomic E-state index is -3.34. The molecule has 0 bridgehead atoms. The van der Waals surface area contributed by atoms with Crippen LogP contribution in [0.4, 0.5) is 0 Å². The van der Waals surface area contributed by atoms with E-state index >= 15 is 0 Å². The van der Waals surface area contributed by atoms with E-state index < -0.39 is 10.2 Å². The molecule has 4 rings (SSSR count). The van der Waals surface area contributed by atoms with Gasteiger partial charge in [-0.15, -0.1) is 0 Å². The number of aromatic nitrogens is 2. The second-order valence-electron chi connectivity index (χ2n) is 7.14. The van der Waals surface area contributed by atoms with E-state index in [1.807, 2.05) is 25.1 Å². The number of rotatable bonds is 3. The van der Waals surface area contributed by atoms with E-state index in [2.05, 4.69) is 15.6 Å². The minimum Gasteiger partial charge on any atom is -0.324 e. The van der Waals surface area contributed by atoms with Gasteiger partial charge in [-0.1, -0.05) is 25.0 Å². The molecule has 2 aromatic rings. The standard InChI is InChI=1S/C18H26N4O2S/c1-15-19-17-8-4-5-9-18(17)22(15)16-10-13-21(14-16)25(23,24)20-11-6-2-3-7-12-20/h4-5,8-9,16H,2-3,6-7,10-14H2,1H3/t16-/m0/s1. The molecule has 0 saturated carbocycles. The van der Waals surface area contributed by atoms with Crippen molar-refractivity contribution < 1.29 is 8.42 Å². The molecule has 2 fully saturated rings. The Morgan fingerprint density at radius 3 is 2.48 bits per heavy atom. The maximum atomic E-state index is 13.0. The summed E-state index contributed by atoms with van der Waals surface area (Å²) in [4.78, 5) is 4.63. The van der Waals surface area contributed by atoms with E-state index in [-0.39, 0.29) is 6.04 Å². The third-order valence-corrected chi connectivity index (χ3v) is 7.48. The maximum Gasteiger partial charge on any atom is 0.282 e. The number of hydrogen-bond acceptors (Lipinski definition) is 3. The molecule has 0 unspecified atom stereocenters. The van der Waals surface area contributed by atoms with Gasteiger partial charge in [-0.05, 0) is 38.3 Å². The van der Waals surface area contributed by atoms with Crippen molar-refractivity contribution in [2.24, 2.45) is 0 Å². The predicted molar refractivity (Wildman–Crippen MR) is 98.7 cm³/mol. The molecule has 0 spiro atoms. The van der Waals surface area contributed by atoms with Crippen LogP contribution in [-0.4, -0.2) is 52.8 Å². The Balaban J connectivity index is 1.57. The average molecular weight is 362 g/mol. The lowest BCUT2D eigenvalue weighted by atomic mass is 10.2. The third-order valence-electron chi connectivity index (χ3n) is 5.48. The molecule has 6 nitrogen and oxygen atoms in total. The van der Waals surface area contributed by atoms with Gasteiger partial charge in [-0.3, -0.25) is 0 Å². The SMILES string of the molecule is Cc1nc2ccccc2n1[C@H]1CCN(S(=O)(=O)N2CCCCCC2)C1. The first-order valence-corrected chi connectivity index (χ1v) is 10.7. The zero-order chi connectivity index (χ0) is 17.4. The lowest BCUT2D eigenvalue weighted by Gasteiger charge is -2.26. The van der Waals surface area contributed by atoms with Crippen LogP contribution in [0, 0.1) is 6.92 Å². The number of aryl methyl sites for hydroxylation is 1. The van der Waals surface area contributed by atoms with Crippen molar-refractivity contribution in [3.8, 4) is 0 Å². The Morgan fingerprint density at radius 2 is 1.72 bits per heavy atom. The Hall–Kier alpha value is -1.44. The number of fused-ring (bicyclic) bond motifs is 1. The van der Waals surface area contributed by atoms with Crippen molar-refractivity contribution in [1.29, 1.82) is 0 Å². The van der Waals surface area contributed by atoms with Gasteiger partial charge in [-0.2, -0.15) is 17.0 Å². The highest BCUT2D eigenvalue weighted by Crippen LogP contribution is 2.30. The lowest BCUT2D eigenvalue weighted by Crippen LogP contribution is -2.43. The summed E-state index contributed by atoms with van der Waals surface area (Å²) < 4.78 is 31.7. The second-order valence-corrected chi connectivity index (χ2v) is 9.07. The zero-order valence-corrected chi connectivity index (χ0v) is 15.6. The lowest BCUT2D eigenvalue weighted by molar-refractivity contribution is 0.361. The first-order valence-electron chi connectivity index (χ1n) is 9.26.